The van der Waals surface area contributed by atoms with E-state index in [4.69, 9.17) is 4.99 Å². The van der Waals surface area contributed by atoms with Crippen molar-refractivity contribution in [2.45, 2.75) is 73.4 Å². The van der Waals surface area contributed by atoms with Crippen LogP contribution in [0, 0.1) is 10.8 Å². The van der Waals surface area contributed by atoms with E-state index < -0.39 is 16.1 Å². The van der Waals surface area contributed by atoms with Gasteiger partial charge >= 0.3 is 0 Å². The fourth-order valence-corrected chi connectivity index (χ4v) is 4.53. The van der Waals surface area contributed by atoms with E-state index in [0.717, 1.165) is 24.2 Å². The van der Waals surface area contributed by atoms with E-state index in [0.29, 0.717) is 17.4 Å². The maximum atomic E-state index is 11.8. The molecule has 1 fully saturated rings. The Balaban J connectivity index is 2.58. The maximum Gasteiger partial charge on any atom is 0.233 e. The Morgan fingerprint density at radius 2 is 1.80 bits per heavy atom. The van der Waals surface area contributed by atoms with Crippen molar-refractivity contribution in [2.75, 3.05) is 12.8 Å². The molecule has 2 heterocycles. The zero-order valence-corrected chi connectivity index (χ0v) is 17.6. The predicted molar refractivity (Wildman–Crippen MR) is 101 cm³/mol. The van der Waals surface area contributed by atoms with E-state index in [1.165, 1.54) is 5.57 Å². The van der Waals surface area contributed by atoms with Gasteiger partial charge in [0.15, 0.2) is 0 Å². The van der Waals surface area contributed by atoms with Crippen LogP contribution in [0.4, 0.5) is 0 Å². The summed E-state index contributed by atoms with van der Waals surface area (Å²) in [5.41, 5.74) is 2.26. The van der Waals surface area contributed by atoms with Gasteiger partial charge in [-0.3, -0.25) is 10.2 Å². The molecular weight excluding hydrogens is 338 g/mol. The highest BCUT2D eigenvalue weighted by Crippen LogP contribution is 2.46. The summed E-state index contributed by atoms with van der Waals surface area (Å²) in [6.45, 7) is 15.6. The minimum atomic E-state index is -3.65. The first-order valence-corrected chi connectivity index (χ1v) is 10.8. The van der Waals surface area contributed by atoms with Crippen LogP contribution in [0.3, 0.4) is 0 Å². The van der Waals surface area contributed by atoms with Gasteiger partial charge in [0.05, 0.1) is 18.3 Å². The van der Waals surface area contributed by atoms with Crippen molar-refractivity contribution in [3.63, 3.8) is 0 Å². The van der Waals surface area contributed by atoms with E-state index in [2.05, 4.69) is 53.4 Å². The summed E-state index contributed by atoms with van der Waals surface area (Å²) in [5, 5.41) is 10.2. The van der Waals surface area contributed by atoms with Gasteiger partial charge in [-0.05, 0) is 16.4 Å². The monoisotopic (exact) mass is 371 g/mol. The van der Waals surface area contributed by atoms with Crippen LogP contribution in [0.25, 0.3) is 0 Å². The minimum absolute atomic E-state index is 0.0318. The van der Waals surface area contributed by atoms with Gasteiger partial charge in [0.1, 0.15) is 5.84 Å². The van der Waals surface area contributed by atoms with Crippen LogP contribution < -0.4 is 0 Å². The fraction of sp³-hybridized carbons (Fsp3) is 0.833. The number of hydrogen-bond donors (Lipinski definition) is 1. The van der Waals surface area contributed by atoms with E-state index in [1.54, 1.807) is 0 Å². The summed E-state index contributed by atoms with van der Waals surface area (Å²) in [7, 11) is -3.65. The van der Waals surface area contributed by atoms with Crippen molar-refractivity contribution >= 4 is 15.9 Å². The molecule has 7 heteroatoms. The lowest BCUT2D eigenvalue weighted by molar-refractivity contribution is -0.0298. The van der Waals surface area contributed by atoms with Gasteiger partial charge in [0, 0.05) is 25.1 Å². The molecule has 1 N–H and O–H groups in total. The highest BCUT2D eigenvalue weighted by Gasteiger charge is 2.46. The average molecular weight is 372 g/mol. The average Bonchev–Trinajstić information content (AvgIpc) is 2.85. The molecular formula is C18H33N3O3S. The van der Waals surface area contributed by atoms with Crippen LogP contribution in [0.5, 0.6) is 0 Å². The van der Waals surface area contributed by atoms with Crippen molar-refractivity contribution in [3.8, 4) is 0 Å². The quantitative estimate of drug-likeness (QED) is 0.773. The summed E-state index contributed by atoms with van der Waals surface area (Å²) < 4.78 is 24.1. The molecule has 6 nitrogen and oxygen atoms in total. The number of hydroxylamine groups is 1. The van der Waals surface area contributed by atoms with E-state index in [-0.39, 0.29) is 16.9 Å². The highest BCUT2D eigenvalue weighted by atomic mass is 32.2. The molecule has 2 atom stereocenters. The summed E-state index contributed by atoms with van der Waals surface area (Å²) in [6.07, 6.45) is 2.34. The first-order valence-electron chi connectivity index (χ1n) is 8.94. The van der Waals surface area contributed by atoms with E-state index in [1.807, 2.05) is 0 Å². The normalized spacial score (nSPS) is 25.5. The Morgan fingerprint density at radius 3 is 2.20 bits per heavy atom. The third kappa shape index (κ3) is 3.93. The second-order valence-electron chi connectivity index (χ2n) is 9.28. The Bertz CT molecular complexity index is 696. The summed E-state index contributed by atoms with van der Waals surface area (Å²) in [6, 6.07) is -0.421. The number of sulfonamides is 1. The smallest absolute Gasteiger partial charge is 0.233 e. The molecule has 1 saturated heterocycles. The van der Waals surface area contributed by atoms with Gasteiger partial charge in [0.25, 0.3) is 0 Å². The van der Waals surface area contributed by atoms with Crippen LogP contribution in [0.1, 0.15) is 61.3 Å². The van der Waals surface area contributed by atoms with Crippen LogP contribution in [-0.2, 0) is 10.0 Å². The van der Waals surface area contributed by atoms with E-state index >= 15 is 0 Å². The Morgan fingerprint density at radius 1 is 1.24 bits per heavy atom. The van der Waals surface area contributed by atoms with Crippen molar-refractivity contribution in [2.24, 2.45) is 15.8 Å². The number of hydrogen-bond acceptors (Lipinski definition) is 5. The summed E-state index contributed by atoms with van der Waals surface area (Å²) >= 11 is 0. The Kier molecular flexibility index (Phi) is 5.18. The molecule has 0 aromatic heterocycles. The summed E-state index contributed by atoms with van der Waals surface area (Å²) in [4.78, 5) is 7.18. The van der Waals surface area contributed by atoms with Crippen LogP contribution in [-0.4, -0.2) is 53.7 Å². The lowest BCUT2D eigenvalue weighted by Crippen LogP contribution is -2.43. The molecule has 2 aliphatic heterocycles. The summed E-state index contributed by atoms with van der Waals surface area (Å²) in [5.74, 6) is 0.979. The van der Waals surface area contributed by atoms with Crippen molar-refractivity contribution in [1.29, 1.82) is 0 Å². The number of nitrogens with zero attached hydrogens (tertiary/aromatic N) is 3. The molecule has 2 aliphatic rings. The molecule has 0 aromatic carbocycles. The Hall–Kier alpha value is -0.920. The number of rotatable bonds is 3. The fourth-order valence-electron chi connectivity index (χ4n) is 3.85. The molecule has 144 valence electrons. The molecule has 2 unspecified atom stereocenters. The Labute approximate surface area is 152 Å². The lowest BCUT2D eigenvalue weighted by Gasteiger charge is -2.43. The van der Waals surface area contributed by atoms with Gasteiger partial charge in [0.2, 0.25) is 10.0 Å². The van der Waals surface area contributed by atoms with Crippen LogP contribution in [0.15, 0.2) is 16.3 Å². The molecule has 0 radical (unpaired) electrons. The minimum Gasteiger partial charge on any atom is -0.332 e. The van der Waals surface area contributed by atoms with Gasteiger partial charge in [-0.1, -0.05) is 52.9 Å². The van der Waals surface area contributed by atoms with Crippen LogP contribution >= 0.6 is 0 Å². The van der Waals surface area contributed by atoms with Crippen molar-refractivity contribution in [1.82, 2.24) is 9.37 Å². The van der Waals surface area contributed by atoms with Crippen molar-refractivity contribution < 1.29 is 13.6 Å². The molecule has 0 aromatic rings. The van der Waals surface area contributed by atoms with E-state index in [9.17, 15) is 13.6 Å². The SMILES string of the molecule is CCC1=NC(C(C)(C)C)C(C(C)(C)C)=C2CC(N(O)S(C)(=O)=O)CN12. The second kappa shape index (κ2) is 6.35. The number of amidine groups is 1. The molecule has 0 bridgehead atoms. The third-order valence-corrected chi connectivity index (χ3v) is 5.90. The predicted octanol–water partition coefficient (Wildman–Crippen LogP) is 3.25. The van der Waals surface area contributed by atoms with Crippen molar-refractivity contribution in [3.05, 3.63) is 11.3 Å². The number of aliphatic imine (C=N–C) groups is 1. The largest absolute Gasteiger partial charge is 0.332 e. The standard InChI is InChI=1S/C18H33N3O3S/c1-9-14-19-16(18(5,6)7)15(17(2,3)4)13-10-12(11-20(13)14)21(22)25(8,23)24/h12,16,22H,9-11H2,1-8H3. The molecule has 25 heavy (non-hydrogen) atoms. The maximum absolute atomic E-state index is 11.8. The van der Waals surface area contributed by atoms with Gasteiger partial charge < -0.3 is 4.90 Å². The second-order valence-corrected chi connectivity index (χ2v) is 11.1. The lowest BCUT2D eigenvalue weighted by atomic mass is 9.71. The first kappa shape index (κ1) is 20.4. The molecule has 0 amide bonds. The zero-order chi connectivity index (χ0) is 19.4. The first-order chi connectivity index (χ1) is 11.2. The van der Waals surface area contributed by atoms with Gasteiger partial charge in [-0.15, -0.1) is 0 Å². The molecule has 2 rings (SSSR count). The third-order valence-electron chi connectivity index (χ3n) is 4.92. The van der Waals surface area contributed by atoms with Crippen LogP contribution in [0.2, 0.25) is 0 Å². The molecule has 0 aliphatic carbocycles. The molecule has 0 spiro atoms. The van der Waals surface area contributed by atoms with Gasteiger partial charge in [-0.2, -0.15) is 0 Å². The number of fused-ring (bicyclic) bond motifs is 1. The van der Waals surface area contributed by atoms with Gasteiger partial charge in [-0.25, -0.2) is 8.42 Å². The topological polar surface area (TPSA) is 73.2 Å². The molecule has 0 saturated carbocycles. The highest BCUT2D eigenvalue weighted by molar-refractivity contribution is 7.88. The zero-order valence-electron chi connectivity index (χ0n) is 16.8.